The van der Waals surface area contributed by atoms with Crippen molar-refractivity contribution in [1.29, 1.82) is 0 Å². The maximum atomic E-state index is 11.6. The van der Waals surface area contributed by atoms with Gasteiger partial charge in [-0.3, -0.25) is 9.59 Å². The summed E-state index contributed by atoms with van der Waals surface area (Å²) in [7, 11) is -7.81. The van der Waals surface area contributed by atoms with Gasteiger partial charge in [-0.05, 0) is 24.7 Å². The van der Waals surface area contributed by atoms with Crippen LogP contribution in [-0.2, 0) is 38.2 Å². The average molecular weight is 415 g/mol. The molecule has 0 rings (SSSR count). The zero-order valence-electron chi connectivity index (χ0n) is 15.9. The summed E-state index contributed by atoms with van der Waals surface area (Å²) in [5, 5.41) is 0. The van der Waals surface area contributed by atoms with Gasteiger partial charge in [-0.15, -0.1) is 0 Å². The molecule has 0 amide bonds. The maximum absolute atomic E-state index is 11.6. The van der Waals surface area contributed by atoms with Crippen LogP contribution in [-0.4, -0.2) is 40.3 Å². The van der Waals surface area contributed by atoms with Gasteiger partial charge in [-0.1, -0.05) is 40.5 Å². The highest BCUT2D eigenvalue weighted by molar-refractivity contribution is 7.87. The highest BCUT2D eigenvalue weighted by Crippen LogP contribution is 2.10. The van der Waals surface area contributed by atoms with Crippen molar-refractivity contribution >= 4 is 32.2 Å². The Balaban J connectivity index is 4.02. The van der Waals surface area contributed by atoms with Gasteiger partial charge in [0.15, 0.2) is 0 Å². The average Bonchev–Trinajstić information content (AvgIpc) is 2.38. The number of hydrogen-bond acceptors (Lipinski definition) is 8. The van der Waals surface area contributed by atoms with Crippen molar-refractivity contribution in [3.8, 4) is 0 Å². The summed E-state index contributed by atoms with van der Waals surface area (Å²) in [6, 6.07) is 0. The monoisotopic (exact) mass is 414 g/mol. The lowest BCUT2D eigenvalue weighted by Gasteiger charge is -2.08. The second kappa shape index (κ2) is 11.5. The van der Waals surface area contributed by atoms with E-state index in [1.807, 2.05) is 0 Å². The van der Waals surface area contributed by atoms with Gasteiger partial charge in [-0.2, -0.15) is 16.8 Å². The second-order valence-corrected chi connectivity index (χ2v) is 10.4. The van der Waals surface area contributed by atoms with Crippen LogP contribution in [0, 0.1) is 11.8 Å². The van der Waals surface area contributed by atoms with E-state index in [1.165, 1.54) is 0 Å². The molecule has 0 N–H and O–H groups in total. The van der Waals surface area contributed by atoms with Gasteiger partial charge in [0.1, 0.15) is 0 Å². The Kier molecular flexibility index (Phi) is 11.0. The highest BCUT2D eigenvalue weighted by Gasteiger charge is 2.19. The molecule has 0 aliphatic carbocycles. The van der Waals surface area contributed by atoms with Crippen molar-refractivity contribution in [1.82, 2.24) is 0 Å². The Morgan fingerprint density at radius 3 is 1.23 bits per heavy atom. The quantitative estimate of drug-likeness (QED) is 0.333. The number of carbonyl (C=O) groups is 2. The zero-order valence-corrected chi connectivity index (χ0v) is 17.5. The lowest BCUT2D eigenvalue weighted by molar-refractivity contribution is -0.135. The Labute approximate surface area is 156 Å². The first-order valence-corrected chi connectivity index (χ1v) is 11.9. The highest BCUT2D eigenvalue weighted by atomic mass is 32.2. The number of carbonyl (C=O) groups excluding carboxylic acids is 2. The van der Waals surface area contributed by atoms with Crippen LogP contribution in [0.15, 0.2) is 0 Å². The Morgan fingerprint density at radius 1 is 0.654 bits per heavy atom. The van der Waals surface area contributed by atoms with Gasteiger partial charge in [0.2, 0.25) is 0 Å². The van der Waals surface area contributed by atoms with E-state index in [1.54, 1.807) is 27.7 Å². The van der Waals surface area contributed by atoms with Gasteiger partial charge in [0.25, 0.3) is 0 Å². The van der Waals surface area contributed by atoms with Gasteiger partial charge < -0.3 is 8.37 Å². The van der Waals surface area contributed by atoms with Crippen molar-refractivity contribution in [3.63, 3.8) is 0 Å². The van der Waals surface area contributed by atoms with E-state index in [4.69, 9.17) is 0 Å². The summed E-state index contributed by atoms with van der Waals surface area (Å²) < 4.78 is 55.4. The summed E-state index contributed by atoms with van der Waals surface area (Å²) in [4.78, 5) is 22.7. The predicted molar refractivity (Wildman–Crippen MR) is 97.1 cm³/mol. The first-order chi connectivity index (χ1) is 11.8. The molecule has 0 radical (unpaired) electrons. The molecule has 0 aliphatic rings. The van der Waals surface area contributed by atoms with Crippen LogP contribution in [0.5, 0.6) is 0 Å². The van der Waals surface area contributed by atoms with Crippen molar-refractivity contribution in [2.45, 2.75) is 66.2 Å². The van der Waals surface area contributed by atoms with Crippen LogP contribution in [0.25, 0.3) is 0 Å². The molecule has 0 spiro atoms. The number of hydrogen-bond donors (Lipinski definition) is 0. The molecular weight excluding hydrogens is 384 g/mol. The normalized spacial score (nSPS) is 12.4. The lowest BCUT2D eigenvalue weighted by Crippen LogP contribution is -2.18. The molecule has 0 saturated heterocycles. The Morgan fingerprint density at radius 2 is 0.962 bits per heavy atom. The minimum Gasteiger partial charge on any atom is -0.346 e. The summed E-state index contributed by atoms with van der Waals surface area (Å²) in [5.74, 6) is -2.12. The molecule has 26 heavy (non-hydrogen) atoms. The third-order valence-electron chi connectivity index (χ3n) is 3.13. The van der Waals surface area contributed by atoms with Crippen LogP contribution in [0.1, 0.15) is 66.2 Å². The molecule has 8 nitrogen and oxygen atoms in total. The minimum absolute atomic E-state index is 0.00860. The molecule has 0 bridgehead atoms. The smallest absolute Gasteiger partial charge is 0.322 e. The zero-order chi connectivity index (χ0) is 20.4. The molecule has 0 aliphatic heterocycles. The predicted octanol–water partition coefficient (Wildman–Crippen LogP) is 2.39. The SMILES string of the molecule is CC(C)CC(=O)OS(=O)(=O)CCCCCCS(=O)(=O)OC(=O)CC(C)C. The Bertz CT molecular complexity index is 590. The largest absolute Gasteiger partial charge is 0.346 e. The van der Waals surface area contributed by atoms with E-state index in [0.717, 1.165) is 0 Å². The maximum Gasteiger partial charge on any atom is 0.322 e. The van der Waals surface area contributed by atoms with Gasteiger partial charge in [0.05, 0.1) is 11.5 Å². The van der Waals surface area contributed by atoms with Gasteiger partial charge >= 0.3 is 32.2 Å². The standard InChI is InChI=1S/C16H30O8S2/c1-13(2)11-15(17)23-25(19,20)9-7-5-6-8-10-26(21,22)24-16(18)12-14(3)4/h13-14H,5-12H2,1-4H3. The van der Waals surface area contributed by atoms with Crippen LogP contribution in [0.2, 0.25) is 0 Å². The molecule has 10 heteroatoms. The second-order valence-electron chi connectivity index (χ2n) is 7.04. The lowest BCUT2D eigenvalue weighted by atomic mass is 10.1. The summed E-state index contributed by atoms with van der Waals surface area (Å²) >= 11 is 0. The van der Waals surface area contributed by atoms with E-state index >= 15 is 0 Å². The van der Waals surface area contributed by atoms with Gasteiger partial charge in [-0.25, -0.2) is 0 Å². The summed E-state index contributed by atoms with van der Waals surface area (Å²) in [6.07, 6.45) is 1.49. The number of rotatable bonds is 13. The molecule has 0 atom stereocenters. The van der Waals surface area contributed by atoms with E-state index < -0.39 is 32.2 Å². The van der Waals surface area contributed by atoms with Crippen LogP contribution in [0.3, 0.4) is 0 Å². The minimum atomic E-state index is -3.91. The Hall–Kier alpha value is -1.16. The van der Waals surface area contributed by atoms with Crippen LogP contribution >= 0.6 is 0 Å². The van der Waals surface area contributed by atoms with Crippen molar-refractivity contribution < 1.29 is 34.8 Å². The van der Waals surface area contributed by atoms with E-state index in [9.17, 15) is 26.4 Å². The molecular formula is C16H30O8S2. The fourth-order valence-electron chi connectivity index (χ4n) is 2.01. The molecule has 0 aromatic rings. The third-order valence-corrected chi connectivity index (χ3v) is 5.59. The van der Waals surface area contributed by atoms with Gasteiger partial charge in [0, 0.05) is 12.8 Å². The first kappa shape index (κ1) is 24.8. The van der Waals surface area contributed by atoms with Crippen LogP contribution in [0.4, 0.5) is 0 Å². The van der Waals surface area contributed by atoms with Crippen molar-refractivity contribution in [3.05, 3.63) is 0 Å². The number of unbranched alkanes of at least 4 members (excludes halogenated alkanes) is 3. The molecule has 0 aromatic carbocycles. The van der Waals surface area contributed by atoms with Crippen molar-refractivity contribution in [2.75, 3.05) is 11.5 Å². The summed E-state index contributed by atoms with van der Waals surface area (Å²) in [6.45, 7) is 7.12. The molecule has 0 saturated carbocycles. The van der Waals surface area contributed by atoms with Crippen molar-refractivity contribution in [2.24, 2.45) is 11.8 Å². The fourth-order valence-corrected chi connectivity index (χ4v) is 4.00. The molecule has 0 aromatic heterocycles. The molecule has 154 valence electrons. The van der Waals surface area contributed by atoms with E-state index in [-0.39, 0.29) is 49.0 Å². The molecule has 0 fully saturated rings. The van der Waals surface area contributed by atoms with Crippen LogP contribution < -0.4 is 0 Å². The summed E-state index contributed by atoms with van der Waals surface area (Å²) in [5.41, 5.74) is 0. The van der Waals surface area contributed by atoms with E-state index in [0.29, 0.717) is 12.8 Å². The molecule has 0 heterocycles. The fraction of sp³-hybridized carbons (Fsp3) is 0.875. The first-order valence-electron chi connectivity index (χ1n) is 8.73. The molecule has 0 unspecified atom stereocenters. The topological polar surface area (TPSA) is 121 Å². The van der Waals surface area contributed by atoms with E-state index in [2.05, 4.69) is 8.37 Å². The third kappa shape index (κ3) is 14.1.